The van der Waals surface area contributed by atoms with Crippen molar-refractivity contribution in [2.75, 3.05) is 36.6 Å². The van der Waals surface area contributed by atoms with Crippen LogP contribution in [0.25, 0.3) is 0 Å². The summed E-state index contributed by atoms with van der Waals surface area (Å²) in [6.45, 7) is 4.26. The molecule has 0 amide bonds. The molecule has 0 saturated carbocycles. The Labute approximate surface area is 186 Å². The maximum absolute atomic E-state index is 12.3. The van der Waals surface area contributed by atoms with Gasteiger partial charge in [0.05, 0.1) is 42.9 Å². The Balaban J connectivity index is 1.66. The molecule has 2 saturated heterocycles. The van der Waals surface area contributed by atoms with Gasteiger partial charge < -0.3 is 25.8 Å². The summed E-state index contributed by atoms with van der Waals surface area (Å²) < 4.78 is 39.0. The predicted octanol–water partition coefficient (Wildman–Crippen LogP) is 0.565. The number of nitrogens with two attached hydrogens (primary N) is 1. The van der Waals surface area contributed by atoms with Crippen molar-refractivity contribution in [2.24, 2.45) is 16.6 Å². The molecule has 0 aromatic carbocycles. The number of aliphatic imine (C=N–C) groups is 1. The van der Waals surface area contributed by atoms with E-state index in [1.807, 2.05) is 13.8 Å². The third-order valence-corrected chi connectivity index (χ3v) is 6.75. The van der Waals surface area contributed by atoms with E-state index in [9.17, 15) is 8.42 Å². The lowest BCUT2D eigenvalue weighted by atomic mass is 10.1. The van der Waals surface area contributed by atoms with E-state index in [2.05, 4.69) is 30.3 Å². The van der Waals surface area contributed by atoms with Crippen LogP contribution in [-0.2, 0) is 19.5 Å². The molecular weight excluding hydrogens is 446 g/mol. The van der Waals surface area contributed by atoms with Gasteiger partial charge in [0.25, 0.3) is 0 Å². The van der Waals surface area contributed by atoms with Crippen LogP contribution in [0.4, 0.5) is 11.8 Å². The average molecular weight is 474 g/mol. The van der Waals surface area contributed by atoms with Gasteiger partial charge in [-0.1, -0.05) is 25.4 Å². The molecule has 5 N–H and O–H groups in total. The third kappa shape index (κ3) is 6.04. The highest BCUT2D eigenvalue weighted by Crippen LogP contribution is 2.31. The molecule has 0 spiro atoms. The largest absolute Gasteiger partial charge is 0.403 e. The van der Waals surface area contributed by atoms with Crippen molar-refractivity contribution in [2.45, 2.75) is 38.1 Å². The second-order valence-corrected chi connectivity index (χ2v) is 9.98. The number of rotatable bonds is 9. The molecule has 11 nitrogen and oxygen atoms in total. The molecule has 31 heavy (non-hydrogen) atoms. The van der Waals surface area contributed by atoms with Gasteiger partial charge in [-0.05, 0) is 5.92 Å². The minimum Gasteiger partial charge on any atom is -0.403 e. The standard InChI is InChI=1S/C18H28ClN7O4S/c1-10(2)9-31(27,28)26-14-8-30-15-13(7-29-16(14)15)24-17-12(19)6-22-18(25-17)23-11(4-20)5-21-3/h4-6,10,13-16,26H,7-9,20H2,1-3H3,(H2,22,23,24,25). The summed E-state index contributed by atoms with van der Waals surface area (Å²) in [6.07, 6.45) is 3.60. The molecule has 0 radical (unpaired) electrons. The Morgan fingerprint density at radius 1 is 1.35 bits per heavy atom. The molecular formula is C18H28ClN7O4S. The number of hydrogen-bond donors (Lipinski definition) is 4. The van der Waals surface area contributed by atoms with Gasteiger partial charge in [-0.25, -0.2) is 18.1 Å². The van der Waals surface area contributed by atoms with E-state index in [0.717, 1.165) is 0 Å². The first-order valence-electron chi connectivity index (χ1n) is 9.85. The molecule has 4 atom stereocenters. The van der Waals surface area contributed by atoms with Gasteiger partial charge in [-0.15, -0.1) is 0 Å². The van der Waals surface area contributed by atoms with E-state index in [4.69, 9.17) is 26.8 Å². The van der Waals surface area contributed by atoms with Crippen molar-refractivity contribution in [1.29, 1.82) is 0 Å². The molecule has 2 aliphatic heterocycles. The number of nitrogens with one attached hydrogen (secondary N) is 3. The fourth-order valence-corrected chi connectivity index (χ4v) is 5.31. The highest BCUT2D eigenvalue weighted by atomic mass is 35.5. The topological polar surface area (TPSA) is 153 Å². The summed E-state index contributed by atoms with van der Waals surface area (Å²) in [5.41, 5.74) is 6.08. The maximum Gasteiger partial charge on any atom is 0.229 e. The Hall–Kier alpha value is -1.99. The summed E-state index contributed by atoms with van der Waals surface area (Å²) >= 11 is 6.26. The van der Waals surface area contributed by atoms with Gasteiger partial charge in [0, 0.05) is 19.5 Å². The molecule has 172 valence electrons. The van der Waals surface area contributed by atoms with E-state index in [1.165, 1.54) is 18.6 Å². The Bertz CT molecular complexity index is 941. The van der Waals surface area contributed by atoms with Gasteiger partial charge in [0.15, 0.2) is 5.82 Å². The second kappa shape index (κ2) is 10.1. The Morgan fingerprint density at radius 2 is 2.03 bits per heavy atom. The Kier molecular flexibility index (Phi) is 7.70. The van der Waals surface area contributed by atoms with Gasteiger partial charge >= 0.3 is 0 Å². The van der Waals surface area contributed by atoms with E-state index in [-0.39, 0.29) is 36.4 Å². The lowest BCUT2D eigenvalue weighted by Gasteiger charge is -2.19. The van der Waals surface area contributed by atoms with Gasteiger partial charge in [-0.2, -0.15) is 4.98 Å². The fraction of sp³-hybridized carbons (Fsp3) is 0.611. The zero-order chi connectivity index (χ0) is 22.6. The molecule has 4 unspecified atom stereocenters. The van der Waals surface area contributed by atoms with Crippen LogP contribution in [-0.4, -0.2) is 74.9 Å². The number of fused-ring (bicyclic) bond motifs is 1. The fourth-order valence-electron chi connectivity index (χ4n) is 3.53. The molecule has 13 heteroatoms. The Morgan fingerprint density at radius 3 is 2.68 bits per heavy atom. The van der Waals surface area contributed by atoms with E-state index in [0.29, 0.717) is 23.1 Å². The SMILES string of the molecule is CN=CC(=CN)Nc1ncc(Cl)c(NC2COC3C(NS(=O)(=O)CC(C)C)COC23)n1. The van der Waals surface area contributed by atoms with Crippen LogP contribution >= 0.6 is 11.6 Å². The molecule has 2 fully saturated rings. The van der Waals surface area contributed by atoms with Crippen molar-refractivity contribution in [3.05, 3.63) is 23.1 Å². The van der Waals surface area contributed by atoms with Crippen LogP contribution in [0.3, 0.4) is 0 Å². The number of ether oxygens (including phenoxy) is 2. The lowest BCUT2D eigenvalue weighted by Crippen LogP contribution is -2.45. The predicted molar refractivity (Wildman–Crippen MR) is 120 cm³/mol. The molecule has 1 aromatic rings. The van der Waals surface area contributed by atoms with Crippen LogP contribution in [0.2, 0.25) is 5.02 Å². The minimum absolute atomic E-state index is 0.0236. The van der Waals surface area contributed by atoms with Gasteiger partial charge in [0.1, 0.15) is 17.2 Å². The van der Waals surface area contributed by atoms with E-state index >= 15 is 0 Å². The molecule has 0 aliphatic carbocycles. The first-order chi connectivity index (χ1) is 14.7. The van der Waals surface area contributed by atoms with Crippen LogP contribution in [0.15, 0.2) is 23.1 Å². The summed E-state index contributed by atoms with van der Waals surface area (Å²) in [5.74, 6) is 0.753. The minimum atomic E-state index is -3.42. The first-order valence-corrected chi connectivity index (χ1v) is 11.9. The van der Waals surface area contributed by atoms with E-state index < -0.39 is 22.2 Å². The van der Waals surface area contributed by atoms with Crippen LogP contribution in [0.1, 0.15) is 13.8 Å². The van der Waals surface area contributed by atoms with Crippen LogP contribution in [0.5, 0.6) is 0 Å². The highest BCUT2D eigenvalue weighted by Gasteiger charge is 2.49. The maximum atomic E-state index is 12.3. The number of allylic oxidation sites excluding steroid dienone is 1. The molecule has 0 bridgehead atoms. The summed E-state index contributed by atoms with van der Waals surface area (Å²) in [4.78, 5) is 12.4. The third-order valence-electron chi connectivity index (χ3n) is 4.71. The summed E-state index contributed by atoms with van der Waals surface area (Å²) in [5, 5.41) is 6.49. The second-order valence-electron chi connectivity index (χ2n) is 7.77. The highest BCUT2D eigenvalue weighted by molar-refractivity contribution is 7.89. The van der Waals surface area contributed by atoms with Crippen LogP contribution < -0.4 is 21.1 Å². The normalized spacial score (nSPS) is 26.5. The quantitative estimate of drug-likeness (QED) is 0.377. The molecule has 3 heterocycles. The van der Waals surface area contributed by atoms with Crippen molar-refractivity contribution in [1.82, 2.24) is 14.7 Å². The van der Waals surface area contributed by atoms with Crippen molar-refractivity contribution in [3.8, 4) is 0 Å². The summed E-state index contributed by atoms with van der Waals surface area (Å²) in [7, 11) is -1.80. The monoisotopic (exact) mass is 473 g/mol. The number of hydrogen-bond acceptors (Lipinski definition) is 10. The summed E-state index contributed by atoms with van der Waals surface area (Å²) in [6, 6.07) is -0.698. The number of nitrogens with zero attached hydrogens (tertiary/aromatic N) is 3. The van der Waals surface area contributed by atoms with Gasteiger partial charge in [0.2, 0.25) is 16.0 Å². The van der Waals surface area contributed by atoms with Crippen molar-refractivity contribution in [3.63, 3.8) is 0 Å². The van der Waals surface area contributed by atoms with Crippen molar-refractivity contribution < 1.29 is 17.9 Å². The number of sulfonamides is 1. The van der Waals surface area contributed by atoms with Crippen molar-refractivity contribution >= 4 is 39.6 Å². The molecule has 2 aliphatic rings. The lowest BCUT2D eigenvalue weighted by molar-refractivity contribution is 0.0690. The number of anilines is 2. The average Bonchev–Trinajstić information content (AvgIpc) is 3.26. The molecule has 3 rings (SSSR count). The zero-order valence-electron chi connectivity index (χ0n) is 17.6. The van der Waals surface area contributed by atoms with Crippen LogP contribution in [0, 0.1) is 5.92 Å². The zero-order valence-corrected chi connectivity index (χ0v) is 19.2. The smallest absolute Gasteiger partial charge is 0.229 e. The number of aromatic nitrogens is 2. The van der Waals surface area contributed by atoms with Gasteiger partial charge in [-0.3, -0.25) is 4.99 Å². The van der Waals surface area contributed by atoms with E-state index in [1.54, 1.807) is 7.05 Å². The first kappa shape index (κ1) is 23.7. The molecule has 1 aromatic heterocycles. The number of halogens is 1.